The summed E-state index contributed by atoms with van der Waals surface area (Å²) in [6, 6.07) is 10.4. The van der Waals surface area contributed by atoms with Gasteiger partial charge in [0.05, 0.1) is 24.5 Å². The lowest BCUT2D eigenvalue weighted by Gasteiger charge is -2.31. The number of rotatable bonds is 9. The predicted octanol–water partition coefficient (Wildman–Crippen LogP) is 3.49. The molecule has 37 heavy (non-hydrogen) atoms. The number of carbonyl (C=O) groups is 1. The number of nitrogens with zero attached hydrogens (tertiary/aromatic N) is 5. The first-order chi connectivity index (χ1) is 17.9. The largest absolute Gasteiger partial charge is 0.396 e. The molecule has 0 saturated carbocycles. The Balaban J connectivity index is 1.32. The van der Waals surface area contributed by atoms with Crippen molar-refractivity contribution in [2.75, 3.05) is 49.7 Å². The highest BCUT2D eigenvalue weighted by Crippen LogP contribution is 2.33. The first-order valence-electron chi connectivity index (χ1n) is 11.9. The number of aromatic nitrogens is 3. The van der Waals surface area contributed by atoms with Crippen LogP contribution in [0.3, 0.4) is 0 Å². The fraction of sp³-hybridized carbons (Fsp3) is 0.360. The third kappa shape index (κ3) is 6.02. The average Bonchev–Trinajstić information content (AvgIpc) is 3.44. The number of amides is 1. The van der Waals surface area contributed by atoms with E-state index in [9.17, 15) is 14.3 Å². The number of fused-ring (bicyclic) bond motifs is 2. The summed E-state index contributed by atoms with van der Waals surface area (Å²) < 4.78 is 14.5. The number of hydrogen-bond acceptors (Lipinski definition) is 9. The number of halogens is 2. The number of thioether (sulfide) groups is 1. The van der Waals surface area contributed by atoms with E-state index in [-0.39, 0.29) is 18.1 Å². The van der Waals surface area contributed by atoms with Gasteiger partial charge in [-0.25, -0.2) is 9.37 Å². The molecule has 5 rings (SSSR count). The molecule has 2 bridgehead atoms. The van der Waals surface area contributed by atoms with Crippen molar-refractivity contribution >= 4 is 46.5 Å². The molecule has 1 amide bonds. The smallest absolute Gasteiger partial charge is 0.239 e. The molecule has 9 nitrogen and oxygen atoms in total. The van der Waals surface area contributed by atoms with Crippen LogP contribution in [0.1, 0.15) is 6.42 Å². The SMILES string of the molecule is CN1C[C@@H]2C[C@H]1CN2CC(=O)Nc1cc(Nc2cc(-c3cc(Cl)ccc3F)nnc2SCCO)ccn1. The number of piperazine rings is 1. The van der Waals surface area contributed by atoms with Crippen LogP contribution in [0.15, 0.2) is 47.6 Å². The number of likely N-dealkylation sites (tertiary alicyclic amines) is 2. The Kier molecular flexibility index (Phi) is 7.87. The van der Waals surface area contributed by atoms with Crippen LogP contribution in [0.4, 0.5) is 21.6 Å². The van der Waals surface area contributed by atoms with Crippen molar-refractivity contribution < 1.29 is 14.3 Å². The van der Waals surface area contributed by atoms with Crippen LogP contribution in [0.2, 0.25) is 5.02 Å². The van der Waals surface area contributed by atoms with Gasteiger partial charge in [0.1, 0.15) is 16.7 Å². The molecule has 0 unspecified atom stereocenters. The number of anilines is 3. The summed E-state index contributed by atoms with van der Waals surface area (Å²) >= 11 is 7.38. The van der Waals surface area contributed by atoms with Crippen LogP contribution in [0, 0.1) is 5.82 Å². The quantitative estimate of drug-likeness (QED) is 0.350. The van der Waals surface area contributed by atoms with Gasteiger partial charge in [-0.15, -0.1) is 22.0 Å². The van der Waals surface area contributed by atoms with Crippen LogP contribution in [-0.2, 0) is 4.79 Å². The maximum Gasteiger partial charge on any atom is 0.239 e. The van der Waals surface area contributed by atoms with Gasteiger partial charge >= 0.3 is 0 Å². The summed E-state index contributed by atoms with van der Waals surface area (Å²) in [5.74, 6) is 0.264. The number of aliphatic hydroxyl groups is 1. The maximum absolute atomic E-state index is 14.5. The van der Waals surface area contributed by atoms with Crippen molar-refractivity contribution in [1.82, 2.24) is 25.0 Å². The van der Waals surface area contributed by atoms with E-state index >= 15 is 0 Å². The molecule has 0 spiro atoms. The zero-order valence-corrected chi connectivity index (χ0v) is 21.8. The minimum Gasteiger partial charge on any atom is -0.396 e. The van der Waals surface area contributed by atoms with Crippen molar-refractivity contribution in [2.45, 2.75) is 23.5 Å². The number of nitrogens with one attached hydrogen (secondary N) is 2. The topological polar surface area (TPSA) is 107 Å². The Hall–Kier alpha value is -2.83. The molecule has 3 aromatic rings. The fourth-order valence-corrected chi connectivity index (χ4v) is 5.61. The molecule has 1 aromatic carbocycles. The predicted molar refractivity (Wildman–Crippen MR) is 143 cm³/mol. The lowest BCUT2D eigenvalue weighted by atomic mass is 10.1. The summed E-state index contributed by atoms with van der Waals surface area (Å²) in [5, 5.41) is 24.8. The standard InChI is InChI=1S/C25H27ClFN7O2S/c1-33-12-18-10-17(33)13-34(18)14-24(36)30-23-9-16(4-5-28-23)29-22-11-21(31-32-25(22)37-7-6-35)19-8-15(26)2-3-20(19)27/h2-5,8-9,11,17-18,35H,6-7,10,12-14H2,1H3,(H2,28,29,30,31,36)/t17-,18-/m0/s1. The molecule has 2 aromatic heterocycles. The highest BCUT2D eigenvalue weighted by molar-refractivity contribution is 7.99. The third-order valence-electron chi connectivity index (χ3n) is 6.58. The number of likely N-dealkylation sites (N-methyl/N-ethyl adjacent to an activating group) is 1. The zero-order valence-electron chi connectivity index (χ0n) is 20.2. The van der Waals surface area contributed by atoms with Gasteiger partial charge in [0.2, 0.25) is 5.91 Å². The van der Waals surface area contributed by atoms with Gasteiger partial charge in [-0.3, -0.25) is 9.69 Å². The van der Waals surface area contributed by atoms with Crippen molar-refractivity contribution in [3.05, 3.63) is 53.4 Å². The molecule has 0 aliphatic carbocycles. The molecule has 194 valence electrons. The van der Waals surface area contributed by atoms with Crippen LogP contribution < -0.4 is 10.6 Å². The normalized spacial score (nSPS) is 19.4. The molecule has 2 aliphatic rings. The van der Waals surface area contributed by atoms with E-state index in [1.807, 2.05) is 0 Å². The molecule has 12 heteroatoms. The van der Waals surface area contributed by atoms with Crippen LogP contribution in [-0.4, -0.2) is 87.1 Å². The summed E-state index contributed by atoms with van der Waals surface area (Å²) in [5.41, 5.74) is 1.77. The molecule has 2 aliphatic heterocycles. The molecule has 4 heterocycles. The van der Waals surface area contributed by atoms with Crippen molar-refractivity contribution in [2.24, 2.45) is 0 Å². The molecular formula is C25H27ClFN7O2S. The van der Waals surface area contributed by atoms with Crippen molar-refractivity contribution in [3.63, 3.8) is 0 Å². The second-order valence-electron chi connectivity index (χ2n) is 9.16. The van der Waals surface area contributed by atoms with Crippen LogP contribution >= 0.6 is 23.4 Å². The molecule has 2 atom stereocenters. The van der Waals surface area contributed by atoms with Gasteiger partial charge in [-0.2, -0.15) is 0 Å². The first kappa shape index (κ1) is 25.8. The van der Waals surface area contributed by atoms with Gasteiger partial charge in [0.15, 0.2) is 0 Å². The summed E-state index contributed by atoms with van der Waals surface area (Å²) in [7, 11) is 2.13. The molecule has 0 radical (unpaired) electrons. The maximum atomic E-state index is 14.5. The van der Waals surface area contributed by atoms with E-state index in [2.05, 4.69) is 42.7 Å². The number of hydrogen-bond donors (Lipinski definition) is 3. The Morgan fingerprint density at radius 1 is 1.22 bits per heavy atom. The highest BCUT2D eigenvalue weighted by Gasteiger charge is 2.41. The van der Waals surface area contributed by atoms with Gasteiger partial charge in [-0.05, 0) is 43.8 Å². The van der Waals surface area contributed by atoms with Crippen LogP contribution in [0.25, 0.3) is 11.3 Å². The fourth-order valence-electron chi connectivity index (χ4n) is 4.79. The molecule has 2 saturated heterocycles. The number of benzene rings is 1. The second kappa shape index (κ2) is 11.3. The summed E-state index contributed by atoms with van der Waals surface area (Å²) in [6.07, 6.45) is 2.70. The van der Waals surface area contributed by atoms with E-state index in [4.69, 9.17) is 11.6 Å². The number of pyridine rings is 1. The minimum atomic E-state index is -0.466. The van der Waals surface area contributed by atoms with Gasteiger partial charge in [-0.1, -0.05) is 11.6 Å². The monoisotopic (exact) mass is 543 g/mol. The lowest BCUT2D eigenvalue weighted by molar-refractivity contribution is -0.117. The van der Waals surface area contributed by atoms with Gasteiger partial charge in [0.25, 0.3) is 0 Å². The van der Waals surface area contributed by atoms with Crippen molar-refractivity contribution in [3.8, 4) is 11.3 Å². The Morgan fingerprint density at radius 3 is 2.84 bits per heavy atom. The lowest BCUT2D eigenvalue weighted by Crippen LogP contribution is -2.47. The van der Waals surface area contributed by atoms with E-state index in [0.29, 0.717) is 57.3 Å². The third-order valence-corrected chi connectivity index (χ3v) is 7.77. The Labute approximate surface area is 223 Å². The van der Waals surface area contributed by atoms with Gasteiger partial charge < -0.3 is 20.6 Å². The van der Waals surface area contributed by atoms with E-state index in [1.54, 1.807) is 24.4 Å². The average molecular weight is 544 g/mol. The first-order valence-corrected chi connectivity index (χ1v) is 13.3. The van der Waals surface area contributed by atoms with E-state index < -0.39 is 5.82 Å². The van der Waals surface area contributed by atoms with E-state index in [0.717, 1.165) is 19.5 Å². The highest BCUT2D eigenvalue weighted by atomic mass is 35.5. The Morgan fingerprint density at radius 2 is 2.08 bits per heavy atom. The number of carbonyl (C=O) groups excluding carboxylic acids is 1. The molecule has 2 fully saturated rings. The second-order valence-corrected chi connectivity index (χ2v) is 10.7. The molecule has 3 N–H and O–H groups in total. The minimum absolute atomic E-state index is 0.0309. The van der Waals surface area contributed by atoms with Crippen LogP contribution in [0.5, 0.6) is 0 Å². The molecular weight excluding hydrogens is 517 g/mol. The van der Waals surface area contributed by atoms with E-state index in [1.165, 1.54) is 30.0 Å². The van der Waals surface area contributed by atoms with Gasteiger partial charge in [0, 0.05) is 59.5 Å². The zero-order chi connectivity index (χ0) is 25.9. The summed E-state index contributed by atoms with van der Waals surface area (Å²) in [4.78, 5) is 21.6. The number of aliphatic hydroxyl groups excluding tert-OH is 1. The van der Waals surface area contributed by atoms with Crippen molar-refractivity contribution in [1.29, 1.82) is 0 Å². The Bertz CT molecular complexity index is 1300. The summed E-state index contributed by atoms with van der Waals surface area (Å²) in [6.45, 7) is 2.20.